The Balaban J connectivity index is 1.38. The molecule has 0 spiro atoms. The molecule has 1 N–H and O–H groups in total. The van der Waals surface area contributed by atoms with Crippen molar-refractivity contribution in [3.05, 3.63) is 126 Å². The van der Waals surface area contributed by atoms with Gasteiger partial charge in [-0.3, -0.25) is 9.97 Å². The van der Waals surface area contributed by atoms with Crippen molar-refractivity contribution in [3.8, 4) is 28.3 Å². The molecule has 0 aliphatic rings. The van der Waals surface area contributed by atoms with E-state index in [1.54, 1.807) is 7.11 Å². The fourth-order valence-electron chi connectivity index (χ4n) is 4.85. The second-order valence-electron chi connectivity index (χ2n) is 9.28. The Morgan fingerprint density at radius 2 is 1.11 bits per heavy atom. The molecule has 0 atom stereocenters. The Labute approximate surface area is 215 Å². The van der Waals surface area contributed by atoms with Crippen LogP contribution in [0.1, 0.15) is 16.7 Å². The number of hydrogen-bond donors (Lipinski definition) is 1. The minimum absolute atomic E-state index is 0.0290. The van der Waals surface area contributed by atoms with E-state index in [0.29, 0.717) is 6.42 Å². The third-order valence-corrected chi connectivity index (χ3v) is 6.70. The lowest BCUT2D eigenvalue weighted by atomic mass is 9.96. The molecule has 4 aromatic carbocycles. The highest BCUT2D eigenvalue weighted by Gasteiger charge is 2.10. The van der Waals surface area contributed by atoms with Crippen LogP contribution < -0.4 is 4.74 Å². The molecule has 0 aliphatic heterocycles. The van der Waals surface area contributed by atoms with Crippen molar-refractivity contribution in [2.75, 3.05) is 7.11 Å². The van der Waals surface area contributed by atoms with Crippen LogP contribution >= 0.6 is 0 Å². The number of nitrogens with zero attached hydrogens (tertiary/aromatic N) is 2. The Bertz CT molecular complexity index is 1610. The molecule has 180 valence electrons. The molecule has 0 saturated heterocycles. The van der Waals surface area contributed by atoms with Gasteiger partial charge in [-0.2, -0.15) is 0 Å². The molecule has 2 aromatic heterocycles. The van der Waals surface area contributed by atoms with Gasteiger partial charge in [0.15, 0.2) is 0 Å². The van der Waals surface area contributed by atoms with E-state index in [0.717, 1.165) is 66.5 Å². The monoisotopic (exact) mass is 482 g/mol. The van der Waals surface area contributed by atoms with E-state index in [-0.39, 0.29) is 6.61 Å². The third-order valence-electron chi connectivity index (χ3n) is 6.70. The van der Waals surface area contributed by atoms with Crippen LogP contribution in [0.25, 0.3) is 44.1 Å². The van der Waals surface area contributed by atoms with E-state index in [1.165, 1.54) is 0 Å². The summed E-state index contributed by atoms with van der Waals surface area (Å²) in [5.74, 6) is 0.789. The number of fused-ring (bicyclic) bond motifs is 2. The first kappa shape index (κ1) is 22.9. The smallest absolute Gasteiger partial charge is 0.119 e. The minimum atomic E-state index is -0.0290. The van der Waals surface area contributed by atoms with E-state index in [2.05, 4.69) is 60.7 Å². The van der Waals surface area contributed by atoms with Crippen LogP contribution in [-0.4, -0.2) is 22.2 Å². The molecule has 6 rings (SSSR count). The van der Waals surface area contributed by atoms with E-state index < -0.39 is 0 Å². The Hall–Kier alpha value is -4.54. The molecule has 0 amide bonds. The van der Waals surface area contributed by atoms with Gasteiger partial charge in [0.25, 0.3) is 0 Å². The highest BCUT2D eigenvalue weighted by molar-refractivity contribution is 5.86. The van der Waals surface area contributed by atoms with Crippen LogP contribution in [0.3, 0.4) is 0 Å². The first-order valence-corrected chi connectivity index (χ1v) is 12.3. The molecule has 2 heterocycles. The highest BCUT2D eigenvalue weighted by atomic mass is 16.5. The summed E-state index contributed by atoms with van der Waals surface area (Å²) in [7, 11) is 1.69. The summed E-state index contributed by atoms with van der Waals surface area (Å²) in [6.45, 7) is -0.0290. The summed E-state index contributed by atoms with van der Waals surface area (Å²) in [5, 5.41) is 14.5. The number of methoxy groups -OCH3 is 1. The van der Waals surface area contributed by atoms with Crippen LogP contribution in [0.5, 0.6) is 5.75 Å². The van der Waals surface area contributed by atoms with Crippen molar-refractivity contribution in [2.45, 2.75) is 13.0 Å². The first-order valence-electron chi connectivity index (χ1n) is 12.3. The fraction of sp³-hybridized carbons (Fsp3) is 0.0909. The normalized spacial score (nSPS) is 11.2. The van der Waals surface area contributed by atoms with E-state index >= 15 is 0 Å². The number of pyridine rings is 2. The van der Waals surface area contributed by atoms with Gasteiger partial charge in [-0.05, 0) is 76.3 Å². The topological polar surface area (TPSA) is 55.2 Å². The predicted molar refractivity (Wildman–Crippen MR) is 150 cm³/mol. The number of benzene rings is 4. The van der Waals surface area contributed by atoms with E-state index in [9.17, 15) is 5.11 Å². The lowest BCUT2D eigenvalue weighted by molar-refractivity contribution is 0.282. The zero-order chi connectivity index (χ0) is 25.2. The number of aliphatic hydroxyl groups excluding tert-OH is 1. The maximum absolute atomic E-state index is 9.98. The molecule has 0 radical (unpaired) electrons. The predicted octanol–water partition coefficient (Wildman–Crippen LogP) is 7.21. The zero-order valence-electron chi connectivity index (χ0n) is 20.6. The Morgan fingerprint density at radius 1 is 0.595 bits per heavy atom. The van der Waals surface area contributed by atoms with Gasteiger partial charge in [-0.25, -0.2) is 0 Å². The van der Waals surface area contributed by atoms with Gasteiger partial charge in [0.1, 0.15) is 5.75 Å². The Morgan fingerprint density at radius 3 is 1.68 bits per heavy atom. The highest BCUT2D eigenvalue weighted by Crippen LogP contribution is 2.30. The van der Waals surface area contributed by atoms with Gasteiger partial charge in [0.2, 0.25) is 0 Å². The molecule has 37 heavy (non-hydrogen) atoms. The molecule has 0 aliphatic carbocycles. The molecular formula is C33H26N2O2. The number of hydrogen-bond acceptors (Lipinski definition) is 4. The van der Waals surface area contributed by atoms with E-state index in [1.807, 2.05) is 48.8 Å². The second kappa shape index (κ2) is 9.84. The van der Waals surface area contributed by atoms with Crippen molar-refractivity contribution >= 4 is 21.5 Å². The molecule has 0 fully saturated rings. The van der Waals surface area contributed by atoms with Crippen molar-refractivity contribution in [2.24, 2.45) is 0 Å². The number of ether oxygens (including phenoxy) is 1. The summed E-state index contributed by atoms with van der Waals surface area (Å²) < 4.78 is 5.64. The summed E-state index contributed by atoms with van der Waals surface area (Å²) in [6.07, 6.45) is 4.50. The van der Waals surface area contributed by atoms with Gasteiger partial charge in [0, 0.05) is 34.3 Å². The average molecular weight is 483 g/mol. The number of aromatic nitrogens is 2. The standard InChI is InChI=1S/C33H26N2O2/c1-37-31-15-23(13-30(16-31)33-18-26-7-3-5-9-28(26)20-35-33)10-22-11-24(21-36)14-29(12-22)32-17-25-6-2-4-8-27(25)19-34-32/h2-9,11-20,36H,10,21H2,1H3. The van der Waals surface area contributed by atoms with Crippen molar-refractivity contribution in [1.82, 2.24) is 9.97 Å². The van der Waals surface area contributed by atoms with E-state index in [4.69, 9.17) is 14.7 Å². The average Bonchev–Trinajstić information content (AvgIpc) is 2.96. The largest absolute Gasteiger partial charge is 0.497 e. The quantitative estimate of drug-likeness (QED) is 0.273. The fourth-order valence-corrected chi connectivity index (χ4v) is 4.85. The van der Waals surface area contributed by atoms with Crippen LogP contribution in [-0.2, 0) is 13.0 Å². The molecule has 4 heteroatoms. The van der Waals surface area contributed by atoms with Crippen LogP contribution in [0.2, 0.25) is 0 Å². The van der Waals surface area contributed by atoms with Crippen molar-refractivity contribution in [1.29, 1.82) is 0 Å². The molecule has 6 aromatic rings. The Kier molecular flexibility index (Phi) is 6.09. The third kappa shape index (κ3) is 4.80. The van der Waals surface area contributed by atoms with Crippen LogP contribution in [0.15, 0.2) is 109 Å². The first-order chi connectivity index (χ1) is 18.2. The maximum atomic E-state index is 9.98. The molecule has 0 bridgehead atoms. The summed E-state index contributed by atoms with van der Waals surface area (Å²) in [5.41, 5.74) is 6.87. The van der Waals surface area contributed by atoms with Gasteiger partial charge in [-0.1, -0.05) is 54.6 Å². The molecular weight excluding hydrogens is 456 g/mol. The van der Waals surface area contributed by atoms with Gasteiger partial charge in [-0.15, -0.1) is 0 Å². The van der Waals surface area contributed by atoms with Crippen LogP contribution in [0.4, 0.5) is 0 Å². The van der Waals surface area contributed by atoms with Crippen molar-refractivity contribution in [3.63, 3.8) is 0 Å². The van der Waals surface area contributed by atoms with Crippen molar-refractivity contribution < 1.29 is 9.84 Å². The zero-order valence-corrected chi connectivity index (χ0v) is 20.6. The minimum Gasteiger partial charge on any atom is -0.497 e. The van der Waals surface area contributed by atoms with Gasteiger partial charge < -0.3 is 9.84 Å². The summed E-state index contributed by atoms with van der Waals surface area (Å²) in [4.78, 5) is 9.41. The molecule has 4 nitrogen and oxygen atoms in total. The lowest BCUT2D eigenvalue weighted by Crippen LogP contribution is -1.96. The molecule has 0 saturated carbocycles. The van der Waals surface area contributed by atoms with Gasteiger partial charge in [0.05, 0.1) is 25.1 Å². The lowest BCUT2D eigenvalue weighted by Gasteiger charge is -2.12. The summed E-state index contributed by atoms with van der Waals surface area (Å²) >= 11 is 0. The van der Waals surface area contributed by atoms with Gasteiger partial charge >= 0.3 is 0 Å². The maximum Gasteiger partial charge on any atom is 0.119 e. The summed E-state index contributed by atoms with van der Waals surface area (Å²) in [6, 6.07) is 33.1. The second-order valence-corrected chi connectivity index (χ2v) is 9.28. The SMILES string of the molecule is COc1cc(Cc2cc(CO)cc(-c3cc4ccccc4cn3)c2)cc(-c2cc3ccccc3cn2)c1. The number of rotatable bonds is 6. The van der Waals surface area contributed by atoms with Crippen LogP contribution in [0, 0.1) is 0 Å². The number of aliphatic hydroxyl groups is 1. The molecule has 0 unspecified atom stereocenters.